The highest BCUT2D eigenvalue weighted by Crippen LogP contribution is 2.49. The molecule has 0 aliphatic heterocycles. The first-order valence-electron chi connectivity index (χ1n) is 6.34. The molecule has 1 aliphatic carbocycles. The van der Waals surface area contributed by atoms with E-state index >= 15 is 0 Å². The van der Waals surface area contributed by atoms with Crippen molar-refractivity contribution >= 4 is 5.97 Å². The van der Waals surface area contributed by atoms with Crippen molar-refractivity contribution in [2.45, 2.75) is 59.0 Å². The zero-order chi connectivity index (χ0) is 13.3. The van der Waals surface area contributed by atoms with E-state index in [2.05, 4.69) is 13.8 Å². The van der Waals surface area contributed by atoms with Crippen molar-refractivity contribution in [3.63, 3.8) is 0 Å². The lowest BCUT2D eigenvalue weighted by Gasteiger charge is -2.47. The second kappa shape index (κ2) is 4.81. The van der Waals surface area contributed by atoms with Gasteiger partial charge in [0.15, 0.2) is 0 Å². The van der Waals surface area contributed by atoms with Gasteiger partial charge >= 0.3 is 5.97 Å². The van der Waals surface area contributed by atoms with E-state index in [4.69, 9.17) is 5.11 Å². The topological polar surface area (TPSA) is 57.5 Å². The van der Waals surface area contributed by atoms with Crippen LogP contribution in [0.25, 0.3) is 0 Å². The number of hydrogen-bond acceptors (Lipinski definition) is 2. The van der Waals surface area contributed by atoms with Crippen molar-refractivity contribution in [1.29, 1.82) is 0 Å². The van der Waals surface area contributed by atoms with Crippen molar-refractivity contribution in [2.24, 2.45) is 11.3 Å². The van der Waals surface area contributed by atoms with Gasteiger partial charge in [-0.15, -0.1) is 0 Å². The van der Waals surface area contributed by atoms with Crippen molar-refractivity contribution < 1.29 is 15.0 Å². The molecule has 0 heterocycles. The molecule has 0 unspecified atom stereocenters. The molecule has 1 rings (SSSR count). The van der Waals surface area contributed by atoms with Crippen LogP contribution in [0, 0.1) is 11.3 Å². The summed E-state index contributed by atoms with van der Waals surface area (Å²) < 4.78 is 0. The van der Waals surface area contributed by atoms with Gasteiger partial charge in [0.25, 0.3) is 0 Å². The third-order valence-electron chi connectivity index (χ3n) is 3.84. The second-order valence-corrected chi connectivity index (χ2v) is 6.10. The van der Waals surface area contributed by atoms with Gasteiger partial charge in [0, 0.05) is 0 Å². The van der Waals surface area contributed by atoms with E-state index in [1.165, 1.54) is 0 Å². The van der Waals surface area contributed by atoms with E-state index in [-0.39, 0.29) is 11.8 Å². The lowest BCUT2D eigenvalue weighted by molar-refractivity contribution is -0.147. The Morgan fingerprint density at radius 2 is 2.06 bits per heavy atom. The average molecular weight is 240 g/mol. The van der Waals surface area contributed by atoms with Crippen LogP contribution in [0.5, 0.6) is 0 Å². The Balaban J connectivity index is 3.15. The fraction of sp³-hybridized carbons (Fsp3) is 0.786. The fourth-order valence-corrected chi connectivity index (χ4v) is 2.76. The minimum atomic E-state index is -1.19. The van der Waals surface area contributed by atoms with Crippen LogP contribution in [0.15, 0.2) is 11.6 Å². The standard InChI is InChI=1S/C14H24O3/c1-10(2)8-11-6-5-7-13(3,4)14(11,17)9-12(15)16/h8,10,17H,5-7,9H2,1-4H3,(H,15,16)/b11-8+/t14-/m1/s1. The zero-order valence-electron chi connectivity index (χ0n) is 11.3. The molecule has 2 N–H and O–H groups in total. The smallest absolute Gasteiger partial charge is 0.306 e. The highest BCUT2D eigenvalue weighted by atomic mass is 16.4. The molecule has 1 saturated carbocycles. The molecule has 3 nitrogen and oxygen atoms in total. The van der Waals surface area contributed by atoms with Crippen LogP contribution in [0.3, 0.4) is 0 Å². The molecule has 1 aliphatic rings. The molecule has 0 aromatic carbocycles. The predicted octanol–water partition coefficient (Wildman–Crippen LogP) is 2.98. The Bertz CT molecular complexity index is 328. The van der Waals surface area contributed by atoms with Gasteiger partial charge in [-0.3, -0.25) is 4.79 Å². The van der Waals surface area contributed by atoms with Crippen molar-refractivity contribution in [3.05, 3.63) is 11.6 Å². The Kier molecular flexibility index (Phi) is 4.03. The maximum absolute atomic E-state index is 11.0. The Morgan fingerprint density at radius 1 is 1.47 bits per heavy atom. The molecule has 0 spiro atoms. The number of aliphatic carboxylic acids is 1. The summed E-state index contributed by atoms with van der Waals surface area (Å²) in [4.78, 5) is 11.0. The van der Waals surface area contributed by atoms with E-state index in [1.807, 2.05) is 19.9 Å². The van der Waals surface area contributed by atoms with Crippen LogP contribution in [-0.2, 0) is 4.79 Å². The zero-order valence-corrected chi connectivity index (χ0v) is 11.3. The minimum absolute atomic E-state index is 0.196. The molecule has 0 saturated heterocycles. The van der Waals surface area contributed by atoms with Crippen molar-refractivity contribution in [2.75, 3.05) is 0 Å². The Labute approximate surface area is 104 Å². The third-order valence-corrected chi connectivity index (χ3v) is 3.84. The molecule has 98 valence electrons. The average Bonchev–Trinajstić information content (AvgIpc) is 2.11. The maximum atomic E-state index is 11.0. The number of allylic oxidation sites excluding steroid dienone is 1. The Morgan fingerprint density at radius 3 is 2.53 bits per heavy atom. The number of carboxylic acids is 1. The number of carboxylic acid groups (broad SMARTS) is 1. The fourth-order valence-electron chi connectivity index (χ4n) is 2.76. The molecule has 1 atom stereocenters. The lowest BCUT2D eigenvalue weighted by Crippen LogP contribution is -2.50. The molecule has 0 radical (unpaired) electrons. The highest BCUT2D eigenvalue weighted by molar-refractivity contribution is 5.69. The van der Waals surface area contributed by atoms with Crippen LogP contribution in [0.4, 0.5) is 0 Å². The largest absolute Gasteiger partial charge is 0.481 e. The van der Waals surface area contributed by atoms with Gasteiger partial charge in [0.2, 0.25) is 0 Å². The number of rotatable bonds is 3. The molecule has 0 aromatic heterocycles. The molecular formula is C14H24O3. The van der Waals surface area contributed by atoms with Crippen LogP contribution >= 0.6 is 0 Å². The SMILES string of the molecule is CC(C)/C=C1\CCCC(C)(C)[C@@]1(O)CC(=O)O. The van der Waals surface area contributed by atoms with Gasteiger partial charge in [-0.1, -0.05) is 33.8 Å². The number of hydrogen-bond donors (Lipinski definition) is 2. The first-order valence-corrected chi connectivity index (χ1v) is 6.34. The molecular weight excluding hydrogens is 216 g/mol. The van der Waals surface area contributed by atoms with E-state index in [1.54, 1.807) is 0 Å². The summed E-state index contributed by atoms with van der Waals surface area (Å²) in [5.74, 6) is -0.601. The van der Waals surface area contributed by atoms with Crippen LogP contribution in [-0.4, -0.2) is 21.8 Å². The van der Waals surface area contributed by atoms with Gasteiger partial charge < -0.3 is 10.2 Å². The van der Waals surface area contributed by atoms with Crippen molar-refractivity contribution in [3.8, 4) is 0 Å². The van der Waals surface area contributed by atoms with E-state index in [0.717, 1.165) is 24.8 Å². The summed E-state index contributed by atoms with van der Waals surface area (Å²) in [7, 11) is 0. The first kappa shape index (κ1) is 14.2. The third kappa shape index (κ3) is 2.89. The normalized spacial score (nSPS) is 30.8. The number of aliphatic hydroxyl groups is 1. The van der Waals surface area contributed by atoms with Crippen molar-refractivity contribution in [1.82, 2.24) is 0 Å². The lowest BCUT2D eigenvalue weighted by atomic mass is 9.61. The first-order chi connectivity index (χ1) is 7.69. The predicted molar refractivity (Wildman–Crippen MR) is 67.8 cm³/mol. The van der Waals surface area contributed by atoms with Crippen LogP contribution in [0.1, 0.15) is 53.4 Å². The summed E-state index contributed by atoms with van der Waals surface area (Å²) in [6, 6.07) is 0. The molecule has 0 aromatic rings. The van der Waals surface area contributed by atoms with E-state index in [0.29, 0.717) is 5.92 Å². The quantitative estimate of drug-likeness (QED) is 0.746. The summed E-state index contributed by atoms with van der Waals surface area (Å²) in [5, 5.41) is 19.9. The van der Waals surface area contributed by atoms with Gasteiger partial charge in [-0.05, 0) is 36.2 Å². The molecule has 17 heavy (non-hydrogen) atoms. The number of carbonyl (C=O) groups is 1. The summed E-state index contributed by atoms with van der Waals surface area (Å²) in [5.41, 5.74) is -0.655. The Hall–Kier alpha value is -0.830. The maximum Gasteiger partial charge on any atom is 0.306 e. The van der Waals surface area contributed by atoms with Crippen LogP contribution < -0.4 is 0 Å². The molecule has 0 amide bonds. The molecule has 3 heteroatoms. The van der Waals surface area contributed by atoms with Gasteiger partial charge in [-0.25, -0.2) is 0 Å². The monoisotopic (exact) mass is 240 g/mol. The summed E-state index contributed by atoms with van der Waals surface area (Å²) >= 11 is 0. The molecule has 0 bridgehead atoms. The summed E-state index contributed by atoms with van der Waals surface area (Å²) in [6.07, 6.45) is 4.54. The highest BCUT2D eigenvalue weighted by Gasteiger charge is 2.49. The van der Waals surface area contributed by atoms with Gasteiger partial charge in [0.05, 0.1) is 6.42 Å². The second-order valence-electron chi connectivity index (χ2n) is 6.10. The van der Waals surface area contributed by atoms with Gasteiger partial charge in [0.1, 0.15) is 5.60 Å². The summed E-state index contributed by atoms with van der Waals surface area (Å²) in [6.45, 7) is 8.03. The van der Waals surface area contributed by atoms with E-state index < -0.39 is 11.6 Å². The van der Waals surface area contributed by atoms with E-state index in [9.17, 15) is 9.90 Å². The minimum Gasteiger partial charge on any atom is -0.481 e. The van der Waals surface area contributed by atoms with Gasteiger partial charge in [-0.2, -0.15) is 0 Å². The van der Waals surface area contributed by atoms with Crippen LogP contribution in [0.2, 0.25) is 0 Å². The molecule has 1 fully saturated rings.